The molecule has 0 spiro atoms. The van der Waals surface area contributed by atoms with Gasteiger partial charge in [-0.05, 0) is 48.9 Å². The summed E-state index contributed by atoms with van der Waals surface area (Å²) in [5.41, 5.74) is 2.90. The summed E-state index contributed by atoms with van der Waals surface area (Å²) < 4.78 is 0. The van der Waals surface area contributed by atoms with Crippen LogP contribution >= 0.6 is 22.9 Å². The third-order valence-electron chi connectivity index (χ3n) is 3.61. The maximum Gasteiger partial charge on any atom is 0.228 e. The van der Waals surface area contributed by atoms with Crippen molar-refractivity contribution in [3.8, 4) is 0 Å². The van der Waals surface area contributed by atoms with Gasteiger partial charge in [0.05, 0.1) is 12.5 Å². The first kappa shape index (κ1) is 14.6. The fraction of sp³-hybridized carbons (Fsp3) is 0.312. The Bertz CT molecular complexity index is 696. The highest BCUT2D eigenvalue weighted by molar-refractivity contribution is 7.12. The molecule has 1 aliphatic rings. The Hall–Kier alpha value is -1.36. The van der Waals surface area contributed by atoms with Crippen LogP contribution in [0.5, 0.6) is 0 Å². The molecule has 0 saturated carbocycles. The van der Waals surface area contributed by atoms with Gasteiger partial charge in [0.2, 0.25) is 5.91 Å². The smallest absolute Gasteiger partial charge is 0.228 e. The van der Waals surface area contributed by atoms with Gasteiger partial charge in [-0.15, -0.1) is 11.3 Å². The zero-order chi connectivity index (χ0) is 15.0. The molecule has 1 aromatic heterocycles. The molecule has 1 amide bonds. The molecular formula is C16H17ClN2OS. The van der Waals surface area contributed by atoms with E-state index in [2.05, 4.69) is 42.7 Å². The quantitative estimate of drug-likeness (QED) is 0.897. The zero-order valence-corrected chi connectivity index (χ0v) is 13.6. The number of amides is 1. The van der Waals surface area contributed by atoms with Crippen molar-refractivity contribution in [3.05, 3.63) is 50.2 Å². The molecule has 1 atom stereocenters. The number of halogens is 1. The third kappa shape index (κ3) is 2.84. The van der Waals surface area contributed by atoms with Crippen LogP contribution in [-0.4, -0.2) is 12.5 Å². The third-order valence-corrected chi connectivity index (χ3v) is 5.01. The highest BCUT2D eigenvalue weighted by Crippen LogP contribution is 2.37. The number of rotatable bonds is 4. The summed E-state index contributed by atoms with van der Waals surface area (Å²) in [4.78, 5) is 14.0. The Labute approximate surface area is 133 Å². The van der Waals surface area contributed by atoms with Crippen LogP contribution in [-0.2, 0) is 11.2 Å². The molecule has 21 heavy (non-hydrogen) atoms. The molecule has 0 fully saturated rings. The van der Waals surface area contributed by atoms with Crippen molar-refractivity contribution >= 4 is 34.5 Å². The first-order valence-corrected chi connectivity index (χ1v) is 8.19. The molecule has 110 valence electrons. The molecule has 5 heteroatoms. The van der Waals surface area contributed by atoms with Gasteiger partial charge < -0.3 is 10.6 Å². The zero-order valence-electron chi connectivity index (χ0n) is 12.0. The average Bonchev–Trinajstić information content (AvgIpc) is 3.00. The predicted octanol–water partition coefficient (Wildman–Crippen LogP) is 3.90. The lowest BCUT2D eigenvalue weighted by Crippen LogP contribution is -2.21. The molecule has 1 aromatic carbocycles. The summed E-state index contributed by atoms with van der Waals surface area (Å²) >= 11 is 8.23. The SMILES string of the molecule is CCNC(c1ccc(C)s1)c1cc2c(cc1Cl)NC(=O)C2. The minimum atomic E-state index is 0.0326. The first-order chi connectivity index (χ1) is 10.1. The molecule has 0 aliphatic carbocycles. The van der Waals surface area contributed by atoms with E-state index >= 15 is 0 Å². The van der Waals surface area contributed by atoms with Crippen molar-refractivity contribution < 1.29 is 4.79 Å². The van der Waals surface area contributed by atoms with E-state index in [1.54, 1.807) is 11.3 Å². The molecule has 0 bridgehead atoms. The van der Waals surface area contributed by atoms with E-state index in [4.69, 9.17) is 11.6 Å². The van der Waals surface area contributed by atoms with Crippen LogP contribution in [0.15, 0.2) is 24.3 Å². The van der Waals surface area contributed by atoms with Gasteiger partial charge in [0, 0.05) is 20.5 Å². The number of nitrogens with one attached hydrogen (secondary N) is 2. The lowest BCUT2D eigenvalue weighted by molar-refractivity contribution is -0.115. The predicted molar refractivity (Wildman–Crippen MR) is 88.4 cm³/mol. The van der Waals surface area contributed by atoms with Gasteiger partial charge in [0.15, 0.2) is 0 Å². The summed E-state index contributed by atoms with van der Waals surface area (Å²) in [5, 5.41) is 7.02. The van der Waals surface area contributed by atoms with E-state index in [0.717, 1.165) is 23.4 Å². The number of aryl methyl sites for hydroxylation is 1. The second-order valence-electron chi connectivity index (χ2n) is 5.19. The lowest BCUT2D eigenvalue weighted by Gasteiger charge is -2.19. The largest absolute Gasteiger partial charge is 0.325 e. The van der Waals surface area contributed by atoms with Gasteiger partial charge in [-0.1, -0.05) is 18.5 Å². The van der Waals surface area contributed by atoms with Crippen LogP contribution in [0.4, 0.5) is 5.69 Å². The van der Waals surface area contributed by atoms with Crippen molar-refractivity contribution in [2.45, 2.75) is 26.3 Å². The van der Waals surface area contributed by atoms with E-state index in [-0.39, 0.29) is 11.9 Å². The molecule has 2 heterocycles. The van der Waals surface area contributed by atoms with E-state index in [0.29, 0.717) is 11.4 Å². The van der Waals surface area contributed by atoms with E-state index in [1.165, 1.54) is 9.75 Å². The Morgan fingerprint density at radius 2 is 2.24 bits per heavy atom. The highest BCUT2D eigenvalue weighted by atomic mass is 35.5. The average molecular weight is 321 g/mol. The van der Waals surface area contributed by atoms with Gasteiger partial charge in [0.1, 0.15) is 0 Å². The van der Waals surface area contributed by atoms with Crippen LogP contribution < -0.4 is 10.6 Å². The summed E-state index contributed by atoms with van der Waals surface area (Å²) in [6, 6.07) is 8.25. The van der Waals surface area contributed by atoms with Crippen molar-refractivity contribution in [1.29, 1.82) is 0 Å². The second-order valence-corrected chi connectivity index (χ2v) is 6.92. The Balaban J connectivity index is 2.04. The van der Waals surface area contributed by atoms with Crippen molar-refractivity contribution in [3.63, 3.8) is 0 Å². The molecule has 0 radical (unpaired) electrons. The molecule has 0 saturated heterocycles. The van der Waals surface area contributed by atoms with Crippen LogP contribution in [0, 0.1) is 6.92 Å². The van der Waals surface area contributed by atoms with Gasteiger partial charge >= 0.3 is 0 Å². The molecule has 1 unspecified atom stereocenters. The fourth-order valence-electron chi connectivity index (χ4n) is 2.66. The fourth-order valence-corrected chi connectivity index (χ4v) is 3.91. The molecule has 2 aromatic rings. The topological polar surface area (TPSA) is 41.1 Å². The maximum absolute atomic E-state index is 11.5. The molecule has 2 N–H and O–H groups in total. The van der Waals surface area contributed by atoms with Gasteiger partial charge in [-0.3, -0.25) is 4.79 Å². The molecular weight excluding hydrogens is 304 g/mol. The van der Waals surface area contributed by atoms with E-state index in [1.807, 2.05) is 6.07 Å². The molecule has 3 nitrogen and oxygen atoms in total. The number of benzene rings is 1. The van der Waals surface area contributed by atoms with Gasteiger partial charge in [-0.25, -0.2) is 0 Å². The summed E-state index contributed by atoms with van der Waals surface area (Å²) in [5.74, 6) is 0.0326. The van der Waals surface area contributed by atoms with Crippen LogP contribution in [0.2, 0.25) is 5.02 Å². The number of hydrogen-bond acceptors (Lipinski definition) is 3. The second kappa shape index (κ2) is 5.79. The minimum Gasteiger partial charge on any atom is -0.325 e. The van der Waals surface area contributed by atoms with Gasteiger partial charge in [-0.2, -0.15) is 0 Å². The Morgan fingerprint density at radius 3 is 2.90 bits per heavy atom. The monoisotopic (exact) mass is 320 g/mol. The number of fused-ring (bicyclic) bond motifs is 1. The van der Waals surface area contributed by atoms with Crippen molar-refractivity contribution in [1.82, 2.24) is 5.32 Å². The number of carbonyl (C=O) groups excluding carboxylic acids is 1. The van der Waals surface area contributed by atoms with E-state index in [9.17, 15) is 4.79 Å². The normalized spacial score (nSPS) is 14.9. The minimum absolute atomic E-state index is 0.0326. The Kier molecular flexibility index (Phi) is 4.02. The van der Waals surface area contributed by atoms with Crippen molar-refractivity contribution in [2.75, 3.05) is 11.9 Å². The van der Waals surface area contributed by atoms with Crippen molar-refractivity contribution in [2.24, 2.45) is 0 Å². The van der Waals surface area contributed by atoms with Crippen LogP contribution in [0.3, 0.4) is 0 Å². The number of thiophene rings is 1. The standard InChI is InChI=1S/C16H17ClN2OS/c1-3-18-16(14-5-4-9(2)21-14)11-6-10-7-15(20)19-13(10)8-12(11)17/h4-6,8,16,18H,3,7H2,1-2H3,(H,19,20). The summed E-state index contributed by atoms with van der Waals surface area (Å²) in [6.07, 6.45) is 0.432. The summed E-state index contributed by atoms with van der Waals surface area (Å²) in [6.45, 7) is 5.04. The first-order valence-electron chi connectivity index (χ1n) is 7.00. The van der Waals surface area contributed by atoms with Crippen LogP contribution in [0.1, 0.15) is 33.8 Å². The molecule has 3 rings (SSSR count). The van der Waals surface area contributed by atoms with E-state index < -0.39 is 0 Å². The number of carbonyl (C=O) groups is 1. The Morgan fingerprint density at radius 1 is 1.43 bits per heavy atom. The van der Waals surface area contributed by atoms with Crippen LogP contribution in [0.25, 0.3) is 0 Å². The lowest BCUT2D eigenvalue weighted by atomic mass is 10.0. The summed E-state index contributed by atoms with van der Waals surface area (Å²) in [7, 11) is 0. The number of anilines is 1. The number of hydrogen-bond donors (Lipinski definition) is 2. The maximum atomic E-state index is 11.5. The highest BCUT2D eigenvalue weighted by Gasteiger charge is 2.24. The van der Waals surface area contributed by atoms with Gasteiger partial charge in [0.25, 0.3) is 0 Å². The molecule has 1 aliphatic heterocycles.